The van der Waals surface area contributed by atoms with E-state index in [4.69, 9.17) is 27.9 Å². The number of methoxy groups -OCH3 is 1. The lowest BCUT2D eigenvalue weighted by atomic mass is 10.0. The van der Waals surface area contributed by atoms with Gasteiger partial charge in [-0.25, -0.2) is 8.42 Å². The van der Waals surface area contributed by atoms with Gasteiger partial charge in [-0.2, -0.15) is 0 Å². The summed E-state index contributed by atoms with van der Waals surface area (Å²) in [5.74, 6) is -0.442. The molecule has 11 heteroatoms. The average Bonchev–Trinajstić information content (AvgIpc) is 3.60. The van der Waals surface area contributed by atoms with Crippen LogP contribution in [0.15, 0.2) is 108 Å². The quantitative estimate of drug-likeness (QED) is 0.164. The molecule has 0 heterocycles. The molecule has 5 rings (SSSR count). The SMILES string of the molecule is COc1cccc(N(CC(=O)N(Cc2ccc(Cl)c(Cl)c2)C(Cc2ccccc2)C(=O)NC2CCCC2)S(=O)(=O)c2ccccc2)c1. The van der Waals surface area contributed by atoms with Crippen LogP contribution in [0.4, 0.5) is 5.69 Å². The van der Waals surface area contributed by atoms with Crippen molar-refractivity contribution in [1.82, 2.24) is 10.2 Å². The van der Waals surface area contributed by atoms with Crippen LogP contribution in [0.1, 0.15) is 36.8 Å². The highest BCUT2D eigenvalue weighted by atomic mass is 35.5. The van der Waals surface area contributed by atoms with Gasteiger partial charge in [-0.05, 0) is 60.4 Å². The predicted molar refractivity (Wildman–Crippen MR) is 185 cm³/mol. The van der Waals surface area contributed by atoms with Gasteiger partial charge in [0.25, 0.3) is 10.0 Å². The van der Waals surface area contributed by atoms with E-state index in [1.165, 1.54) is 24.1 Å². The highest BCUT2D eigenvalue weighted by Gasteiger charge is 2.35. The van der Waals surface area contributed by atoms with Gasteiger partial charge in [-0.3, -0.25) is 13.9 Å². The third kappa shape index (κ3) is 8.66. The smallest absolute Gasteiger partial charge is 0.264 e. The van der Waals surface area contributed by atoms with E-state index in [2.05, 4.69) is 5.32 Å². The van der Waals surface area contributed by atoms with Crippen LogP contribution in [0.2, 0.25) is 10.0 Å². The van der Waals surface area contributed by atoms with Crippen LogP contribution in [0.3, 0.4) is 0 Å². The fraction of sp³-hybridized carbons (Fsp3) is 0.278. The van der Waals surface area contributed by atoms with Gasteiger partial charge >= 0.3 is 0 Å². The Balaban J connectivity index is 1.58. The van der Waals surface area contributed by atoms with Crippen LogP contribution in [0, 0.1) is 0 Å². The summed E-state index contributed by atoms with van der Waals surface area (Å²) < 4.78 is 34.8. The molecule has 1 fully saturated rings. The van der Waals surface area contributed by atoms with Crippen molar-refractivity contribution in [3.63, 3.8) is 0 Å². The molecule has 0 bridgehead atoms. The molecule has 47 heavy (non-hydrogen) atoms. The number of nitrogens with one attached hydrogen (secondary N) is 1. The Hall–Kier alpha value is -4.05. The highest BCUT2D eigenvalue weighted by Crippen LogP contribution is 2.29. The third-order valence-electron chi connectivity index (χ3n) is 8.26. The number of carbonyl (C=O) groups is 2. The molecular formula is C36H37Cl2N3O5S. The fourth-order valence-electron chi connectivity index (χ4n) is 5.77. The molecule has 0 aliphatic heterocycles. The summed E-state index contributed by atoms with van der Waals surface area (Å²) in [5.41, 5.74) is 1.73. The van der Waals surface area contributed by atoms with Gasteiger partial charge in [0.2, 0.25) is 11.8 Å². The summed E-state index contributed by atoms with van der Waals surface area (Å²) in [7, 11) is -2.74. The minimum absolute atomic E-state index is 0.00874. The van der Waals surface area contributed by atoms with Crippen LogP contribution < -0.4 is 14.4 Å². The number of halogens is 2. The normalized spacial score (nSPS) is 13.9. The maximum Gasteiger partial charge on any atom is 0.264 e. The number of nitrogens with zero attached hydrogens (tertiary/aromatic N) is 2. The lowest BCUT2D eigenvalue weighted by Crippen LogP contribution is -2.54. The monoisotopic (exact) mass is 693 g/mol. The summed E-state index contributed by atoms with van der Waals surface area (Å²) in [5, 5.41) is 3.82. The number of rotatable bonds is 13. The third-order valence-corrected chi connectivity index (χ3v) is 10.8. The molecule has 1 unspecified atom stereocenters. The number of benzene rings is 4. The number of hydrogen-bond acceptors (Lipinski definition) is 5. The molecule has 2 amide bonds. The first-order valence-corrected chi connectivity index (χ1v) is 17.6. The molecule has 0 spiro atoms. The van der Waals surface area contributed by atoms with E-state index in [0.717, 1.165) is 35.6 Å². The van der Waals surface area contributed by atoms with Gasteiger partial charge in [0, 0.05) is 25.1 Å². The fourth-order valence-corrected chi connectivity index (χ4v) is 7.52. The molecule has 0 radical (unpaired) electrons. The second-order valence-electron chi connectivity index (χ2n) is 11.5. The van der Waals surface area contributed by atoms with E-state index in [-0.39, 0.29) is 35.5 Å². The molecule has 4 aromatic carbocycles. The van der Waals surface area contributed by atoms with Gasteiger partial charge < -0.3 is 15.0 Å². The average molecular weight is 695 g/mol. The minimum Gasteiger partial charge on any atom is -0.497 e. The Labute approximate surface area is 286 Å². The van der Waals surface area contributed by atoms with Crippen LogP contribution in [-0.2, 0) is 32.6 Å². The van der Waals surface area contributed by atoms with E-state index >= 15 is 0 Å². The summed E-state index contributed by atoms with van der Waals surface area (Å²) in [6, 6.07) is 28.0. The summed E-state index contributed by atoms with van der Waals surface area (Å²) in [6.07, 6.45) is 3.99. The van der Waals surface area contributed by atoms with Crippen molar-refractivity contribution in [2.24, 2.45) is 0 Å². The first kappa shape index (κ1) is 34.3. The Bertz CT molecular complexity index is 1790. The van der Waals surface area contributed by atoms with Crippen molar-refractivity contribution in [2.75, 3.05) is 18.0 Å². The number of ether oxygens (including phenoxy) is 1. The van der Waals surface area contributed by atoms with E-state index in [1.54, 1.807) is 60.7 Å². The van der Waals surface area contributed by atoms with Gasteiger partial charge in [-0.1, -0.05) is 96.7 Å². The molecule has 1 aliphatic rings. The maximum absolute atomic E-state index is 14.6. The van der Waals surface area contributed by atoms with Crippen molar-refractivity contribution in [3.05, 3.63) is 124 Å². The van der Waals surface area contributed by atoms with Crippen molar-refractivity contribution in [2.45, 2.75) is 55.6 Å². The number of hydrogen-bond donors (Lipinski definition) is 1. The predicted octanol–water partition coefficient (Wildman–Crippen LogP) is 6.90. The number of anilines is 1. The molecule has 0 saturated heterocycles. The summed E-state index contributed by atoms with van der Waals surface area (Å²) >= 11 is 12.6. The van der Waals surface area contributed by atoms with E-state index < -0.39 is 28.5 Å². The molecule has 1 atom stereocenters. The summed E-state index contributed by atoms with van der Waals surface area (Å²) in [4.78, 5) is 30.2. The molecule has 1 saturated carbocycles. The van der Waals surface area contributed by atoms with E-state index in [1.807, 2.05) is 30.3 Å². The minimum atomic E-state index is -4.23. The van der Waals surface area contributed by atoms with E-state index in [9.17, 15) is 18.0 Å². The van der Waals surface area contributed by atoms with E-state index in [0.29, 0.717) is 21.4 Å². The highest BCUT2D eigenvalue weighted by molar-refractivity contribution is 7.92. The Kier molecular flexibility index (Phi) is 11.4. The molecule has 8 nitrogen and oxygen atoms in total. The Morgan fingerprint density at radius 1 is 0.851 bits per heavy atom. The van der Waals surface area contributed by atoms with Crippen molar-refractivity contribution in [1.29, 1.82) is 0 Å². The first-order chi connectivity index (χ1) is 22.7. The van der Waals surface area contributed by atoms with Crippen LogP contribution in [-0.4, -0.2) is 50.9 Å². The zero-order valence-corrected chi connectivity index (χ0v) is 28.3. The molecule has 4 aromatic rings. The van der Waals surface area contributed by atoms with Crippen molar-refractivity contribution in [3.8, 4) is 5.75 Å². The summed E-state index contributed by atoms with van der Waals surface area (Å²) in [6.45, 7) is -0.587. The Morgan fingerprint density at radius 3 is 2.19 bits per heavy atom. The largest absolute Gasteiger partial charge is 0.497 e. The van der Waals surface area contributed by atoms with Crippen LogP contribution >= 0.6 is 23.2 Å². The molecule has 1 aliphatic carbocycles. The van der Waals surface area contributed by atoms with Gasteiger partial charge in [-0.15, -0.1) is 0 Å². The topological polar surface area (TPSA) is 96.0 Å². The van der Waals surface area contributed by atoms with Gasteiger partial charge in [0.15, 0.2) is 0 Å². The van der Waals surface area contributed by atoms with Crippen LogP contribution in [0.25, 0.3) is 0 Å². The lowest BCUT2D eigenvalue weighted by Gasteiger charge is -2.34. The second kappa shape index (κ2) is 15.7. The zero-order chi connectivity index (χ0) is 33.4. The van der Waals surface area contributed by atoms with Crippen molar-refractivity contribution < 1.29 is 22.7 Å². The standard InChI is InChI=1S/C36H37Cl2N3O5S/c1-46-30-16-10-15-29(23-30)41(47(44,45)31-17-6-3-7-18-31)25-35(42)40(24-27-19-20-32(37)33(38)21-27)34(22-26-11-4-2-5-12-26)36(43)39-28-13-8-9-14-28/h2-7,10-12,15-21,23,28,34H,8-9,13-14,22,24-25H2,1H3,(H,39,43). The number of sulfonamides is 1. The van der Waals surface area contributed by atoms with Crippen molar-refractivity contribution >= 4 is 50.7 Å². The molecule has 246 valence electrons. The molecule has 1 N–H and O–H groups in total. The lowest BCUT2D eigenvalue weighted by molar-refractivity contribution is -0.140. The molecule has 0 aromatic heterocycles. The van der Waals surface area contributed by atoms with Gasteiger partial charge in [0.05, 0.1) is 27.7 Å². The molecular weight excluding hydrogens is 657 g/mol. The first-order valence-electron chi connectivity index (χ1n) is 15.5. The second-order valence-corrected chi connectivity index (χ2v) is 14.2. The zero-order valence-electron chi connectivity index (χ0n) is 26.0. The Morgan fingerprint density at radius 2 is 1.53 bits per heavy atom. The maximum atomic E-state index is 14.6. The van der Waals surface area contributed by atoms with Crippen LogP contribution in [0.5, 0.6) is 5.75 Å². The number of amides is 2. The number of carbonyl (C=O) groups excluding carboxylic acids is 2. The van der Waals surface area contributed by atoms with Gasteiger partial charge in [0.1, 0.15) is 18.3 Å².